The molecule has 0 aliphatic heterocycles. The second-order valence-corrected chi connectivity index (χ2v) is 3.98. The van der Waals surface area contributed by atoms with Crippen molar-refractivity contribution in [3.63, 3.8) is 0 Å². The van der Waals surface area contributed by atoms with Gasteiger partial charge < -0.3 is 16.2 Å². The van der Waals surface area contributed by atoms with E-state index < -0.39 is 11.7 Å². The van der Waals surface area contributed by atoms with E-state index in [1.807, 2.05) is 0 Å². The fourth-order valence-corrected chi connectivity index (χ4v) is 1.79. The number of amides is 1. The number of hydrogen-bond acceptors (Lipinski definition) is 3. The fourth-order valence-electron chi connectivity index (χ4n) is 1.79. The highest BCUT2D eigenvalue weighted by molar-refractivity contribution is 5.93. The largest absolute Gasteiger partial charge is 0.494 e. The lowest BCUT2D eigenvalue weighted by atomic mass is 10.0. The van der Waals surface area contributed by atoms with Gasteiger partial charge in [-0.3, -0.25) is 4.79 Å². The second kappa shape index (κ2) is 4.97. The van der Waals surface area contributed by atoms with E-state index in [0.29, 0.717) is 16.7 Å². The van der Waals surface area contributed by atoms with E-state index in [1.165, 1.54) is 19.2 Å². The zero-order valence-electron chi connectivity index (χ0n) is 10.3. The van der Waals surface area contributed by atoms with Crippen molar-refractivity contribution in [1.29, 1.82) is 0 Å². The van der Waals surface area contributed by atoms with Gasteiger partial charge in [-0.15, -0.1) is 0 Å². The van der Waals surface area contributed by atoms with Crippen LogP contribution < -0.4 is 16.2 Å². The lowest BCUT2D eigenvalue weighted by Gasteiger charge is -2.10. The quantitative estimate of drug-likeness (QED) is 0.830. The van der Waals surface area contributed by atoms with Gasteiger partial charge in [0.2, 0.25) is 5.91 Å². The summed E-state index contributed by atoms with van der Waals surface area (Å²) < 4.78 is 19.0. The Balaban J connectivity index is 2.47. The molecule has 0 aliphatic carbocycles. The number of carbonyl (C=O) groups is 1. The molecule has 0 fully saturated rings. The van der Waals surface area contributed by atoms with Crippen LogP contribution in [0.15, 0.2) is 36.4 Å². The molecular formula is C14H13FN2O2. The van der Waals surface area contributed by atoms with Crippen molar-refractivity contribution in [3.05, 3.63) is 47.8 Å². The minimum Gasteiger partial charge on any atom is -0.494 e. The number of rotatable bonds is 3. The van der Waals surface area contributed by atoms with Crippen LogP contribution in [0.1, 0.15) is 10.4 Å². The van der Waals surface area contributed by atoms with Crippen molar-refractivity contribution < 1.29 is 13.9 Å². The van der Waals surface area contributed by atoms with Gasteiger partial charge in [-0.1, -0.05) is 12.1 Å². The molecule has 0 radical (unpaired) electrons. The van der Waals surface area contributed by atoms with Crippen molar-refractivity contribution in [1.82, 2.24) is 0 Å². The molecule has 0 aromatic heterocycles. The molecule has 0 heterocycles. The molecule has 0 saturated heterocycles. The lowest BCUT2D eigenvalue weighted by molar-refractivity contribution is 0.100. The number of nitrogen functional groups attached to an aromatic ring is 1. The molecule has 2 aromatic rings. The molecule has 0 saturated carbocycles. The Morgan fingerprint density at radius 2 is 1.79 bits per heavy atom. The van der Waals surface area contributed by atoms with Gasteiger partial charge in [0.25, 0.3) is 0 Å². The number of primary amides is 1. The molecule has 2 rings (SSSR count). The Kier molecular flexibility index (Phi) is 3.37. The van der Waals surface area contributed by atoms with Gasteiger partial charge in [0, 0.05) is 11.1 Å². The minimum absolute atomic E-state index is 0.0426. The van der Waals surface area contributed by atoms with E-state index >= 15 is 0 Å². The molecule has 4 N–H and O–H groups in total. The maximum absolute atomic E-state index is 14.1. The van der Waals surface area contributed by atoms with Crippen molar-refractivity contribution in [2.45, 2.75) is 0 Å². The van der Waals surface area contributed by atoms with Gasteiger partial charge in [-0.2, -0.15) is 0 Å². The number of benzene rings is 2. The molecule has 4 nitrogen and oxygen atoms in total. The van der Waals surface area contributed by atoms with Crippen molar-refractivity contribution >= 4 is 11.6 Å². The molecule has 0 aliphatic rings. The Morgan fingerprint density at radius 1 is 1.16 bits per heavy atom. The number of halogens is 1. The number of ether oxygens (including phenoxy) is 1. The molecule has 0 spiro atoms. The average Bonchev–Trinajstić information content (AvgIpc) is 2.42. The first-order chi connectivity index (χ1) is 9.04. The minimum atomic E-state index is -0.550. The SMILES string of the molecule is COc1ccc(-c2ccc(C(N)=O)cc2)c(F)c1N. The normalized spacial score (nSPS) is 10.2. The van der Waals surface area contributed by atoms with E-state index in [-0.39, 0.29) is 11.4 Å². The highest BCUT2D eigenvalue weighted by Gasteiger charge is 2.13. The molecule has 19 heavy (non-hydrogen) atoms. The molecule has 0 bridgehead atoms. The number of carbonyl (C=O) groups excluding carboxylic acids is 1. The summed E-state index contributed by atoms with van der Waals surface area (Å²) in [6.07, 6.45) is 0. The Bertz CT molecular complexity index is 624. The summed E-state index contributed by atoms with van der Waals surface area (Å²) in [5.74, 6) is -0.789. The van der Waals surface area contributed by atoms with Crippen LogP contribution in [0.25, 0.3) is 11.1 Å². The van der Waals surface area contributed by atoms with Crippen LogP contribution in [0.4, 0.5) is 10.1 Å². The van der Waals surface area contributed by atoms with Gasteiger partial charge in [0.1, 0.15) is 11.4 Å². The van der Waals surface area contributed by atoms with E-state index in [9.17, 15) is 9.18 Å². The zero-order chi connectivity index (χ0) is 14.0. The maximum Gasteiger partial charge on any atom is 0.248 e. The fraction of sp³-hybridized carbons (Fsp3) is 0.0714. The molecular weight excluding hydrogens is 247 g/mol. The van der Waals surface area contributed by atoms with Gasteiger partial charge in [-0.25, -0.2) is 4.39 Å². The van der Waals surface area contributed by atoms with Gasteiger partial charge in [-0.05, 0) is 29.8 Å². The van der Waals surface area contributed by atoms with E-state index in [1.54, 1.807) is 24.3 Å². The number of anilines is 1. The molecule has 0 atom stereocenters. The summed E-state index contributed by atoms with van der Waals surface area (Å²) in [5.41, 5.74) is 12.1. The summed E-state index contributed by atoms with van der Waals surface area (Å²) in [7, 11) is 1.42. The summed E-state index contributed by atoms with van der Waals surface area (Å²) in [6, 6.07) is 9.48. The number of methoxy groups -OCH3 is 1. The van der Waals surface area contributed by atoms with Gasteiger partial charge in [0.05, 0.1) is 7.11 Å². The number of hydrogen-bond donors (Lipinski definition) is 2. The van der Waals surface area contributed by atoms with Crippen LogP contribution in [0.5, 0.6) is 5.75 Å². The van der Waals surface area contributed by atoms with Crippen LogP contribution >= 0.6 is 0 Å². The molecule has 1 amide bonds. The van der Waals surface area contributed by atoms with Gasteiger partial charge in [0.15, 0.2) is 5.82 Å². The highest BCUT2D eigenvalue weighted by Crippen LogP contribution is 2.32. The van der Waals surface area contributed by atoms with Gasteiger partial charge >= 0.3 is 0 Å². The first-order valence-electron chi connectivity index (χ1n) is 5.56. The van der Waals surface area contributed by atoms with Crippen LogP contribution in [-0.4, -0.2) is 13.0 Å². The Hall–Kier alpha value is -2.56. The Labute approximate surface area is 109 Å². The summed E-state index contributed by atoms with van der Waals surface area (Å²) >= 11 is 0. The zero-order valence-corrected chi connectivity index (χ0v) is 10.3. The van der Waals surface area contributed by atoms with Crippen molar-refractivity contribution in [2.24, 2.45) is 5.73 Å². The number of nitrogens with two attached hydrogens (primary N) is 2. The highest BCUT2D eigenvalue weighted by atomic mass is 19.1. The summed E-state index contributed by atoms with van der Waals surface area (Å²) in [5, 5.41) is 0. The van der Waals surface area contributed by atoms with E-state index in [2.05, 4.69) is 0 Å². The van der Waals surface area contributed by atoms with E-state index in [0.717, 1.165) is 0 Å². The third-order valence-electron chi connectivity index (χ3n) is 2.84. The molecule has 98 valence electrons. The lowest BCUT2D eigenvalue weighted by Crippen LogP contribution is -2.10. The van der Waals surface area contributed by atoms with Crippen LogP contribution in [-0.2, 0) is 0 Å². The predicted octanol–water partition coefficient (Wildman–Crippen LogP) is 2.18. The standard InChI is InChI=1S/C14H13FN2O2/c1-19-11-7-6-10(12(15)13(11)16)8-2-4-9(5-3-8)14(17)18/h2-7H,16H2,1H3,(H2,17,18). The van der Waals surface area contributed by atoms with Crippen LogP contribution in [0, 0.1) is 5.82 Å². The Morgan fingerprint density at radius 3 is 2.32 bits per heavy atom. The first kappa shape index (κ1) is 12.9. The summed E-state index contributed by atoms with van der Waals surface area (Å²) in [6.45, 7) is 0. The summed E-state index contributed by atoms with van der Waals surface area (Å²) in [4.78, 5) is 11.0. The third kappa shape index (κ3) is 2.35. The first-order valence-corrected chi connectivity index (χ1v) is 5.56. The van der Waals surface area contributed by atoms with Crippen molar-refractivity contribution in [3.8, 4) is 16.9 Å². The van der Waals surface area contributed by atoms with Crippen LogP contribution in [0.3, 0.4) is 0 Å². The van der Waals surface area contributed by atoms with E-state index in [4.69, 9.17) is 16.2 Å². The smallest absolute Gasteiger partial charge is 0.248 e. The van der Waals surface area contributed by atoms with Crippen molar-refractivity contribution in [2.75, 3.05) is 12.8 Å². The average molecular weight is 260 g/mol. The second-order valence-electron chi connectivity index (χ2n) is 3.98. The van der Waals surface area contributed by atoms with Crippen LogP contribution in [0.2, 0.25) is 0 Å². The molecule has 2 aromatic carbocycles. The molecule has 0 unspecified atom stereocenters. The topological polar surface area (TPSA) is 78.3 Å². The monoisotopic (exact) mass is 260 g/mol. The third-order valence-corrected chi connectivity index (χ3v) is 2.84. The predicted molar refractivity (Wildman–Crippen MR) is 71.3 cm³/mol. The maximum atomic E-state index is 14.1. The molecule has 5 heteroatoms.